The number of piperidine rings is 1. The van der Waals surface area contributed by atoms with Gasteiger partial charge in [-0.15, -0.1) is 10.2 Å². The van der Waals surface area contributed by atoms with Crippen molar-refractivity contribution < 1.29 is 8.42 Å². The van der Waals surface area contributed by atoms with Crippen LogP contribution in [-0.4, -0.2) is 47.9 Å². The third-order valence-electron chi connectivity index (χ3n) is 3.02. The highest BCUT2D eigenvalue weighted by atomic mass is 32.2. The van der Waals surface area contributed by atoms with Gasteiger partial charge in [0.25, 0.3) is 0 Å². The van der Waals surface area contributed by atoms with E-state index in [1.807, 2.05) is 0 Å². The van der Waals surface area contributed by atoms with Crippen molar-refractivity contribution in [3.8, 4) is 0 Å². The summed E-state index contributed by atoms with van der Waals surface area (Å²) in [5, 5.41) is 16.5. The first-order valence-corrected chi connectivity index (χ1v) is 7.66. The van der Waals surface area contributed by atoms with Gasteiger partial charge in [0.05, 0.1) is 11.8 Å². The Balaban J connectivity index is 1.90. The van der Waals surface area contributed by atoms with Crippen molar-refractivity contribution in [2.75, 3.05) is 18.8 Å². The van der Waals surface area contributed by atoms with Gasteiger partial charge in [0, 0.05) is 0 Å². The first-order valence-electron chi connectivity index (χ1n) is 6.01. The third kappa shape index (κ3) is 3.72. The van der Waals surface area contributed by atoms with Crippen LogP contribution in [0, 0.1) is 5.92 Å². The van der Waals surface area contributed by atoms with Crippen molar-refractivity contribution in [3.63, 3.8) is 0 Å². The molecule has 18 heavy (non-hydrogen) atoms. The molecule has 0 amide bonds. The number of sulfonamides is 1. The van der Waals surface area contributed by atoms with Crippen LogP contribution in [0.2, 0.25) is 0 Å². The Morgan fingerprint density at radius 2 is 2.17 bits per heavy atom. The van der Waals surface area contributed by atoms with Crippen molar-refractivity contribution >= 4 is 10.0 Å². The zero-order valence-electron chi connectivity index (χ0n) is 10.3. The summed E-state index contributed by atoms with van der Waals surface area (Å²) in [6.07, 6.45) is 1.80. The maximum atomic E-state index is 12.0. The van der Waals surface area contributed by atoms with Crippen molar-refractivity contribution in [2.45, 2.75) is 25.8 Å². The van der Waals surface area contributed by atoms with Crippen molar-refractivity contribution in [1.82, 2.24) is 30.7 Å². The first kappa shape index (κ1) is 13.4. The Morgan fingerprint density at radius 1 is 1.44 bits per heavy atom. The van der Waals surface area contributed by atoms with Gasteiger partial charge in [0.15, 0.2) is 5.82 Å². The molecule has 1 aromatic heterocycles. The summed E-state index contributed by atoms with van der Waals surface area (Å²) < 4.78 is 26.5. The Hall–Kier alpha value is -1.06. The van der Waals surface area contributed by atoms with E-state index in [-0.39, 0.29) is 11.7 Å². The molecule has 1 aliphatic rings. The average Bonchev–Trinajstić information content (AvgIpc) is 2.82. The summed E-state index contributed by atoms with van der Waals surface area (Å²) >= 11 is 0. The van der Waals surface area contributed by atoms with Gasteiger partial charge in [-0.1, -0.05) is 5.21 Å². The Morgan fingerprint density at radius 3 is 2.78 bits per heavy atom. The molecule has 1 saturated heterocycles. The second-order valence-corrected chi connectivity index (χ2v) is 6.38. The molecule has 0 saturated carbocycles. The van der Waals surface area contributed by atoms with Gasteiger partial charge in [-0.25, -0.2) is 13.1 Å². The van der Waals surface area contributed by atoms with E-state index in [1.54, 1.807) is 6.92 Å². The minimum Gasteiger partial charge on any atom is -0.317 e. The molecule has 1 aliphatic heterocycles. The number of rotatable bonds is 5. The molecule has 1 unspecified atom stereocenters. The third-order valence-corrected chi connectivity index (χ3v) is 4.64. The molecule has 1 fully saturated rings. The second kappa shape index (κ2) is 5.72. The number of nitrogens with zero attached hydrogens (tertiary/aromatic N) is 3. The van der Waals surface area contributed by atoms with E-state index in [4.69, 9.17) is 0 Å². The minimum atomic E-state index is -3.31. The minimum absolute atomic E-state index is 0.164. The molecule has 2 rings (SSSR count). The molecule has 0 bridgehead atoms. The standard InChI is InChI=1S/C9H18N6O2S/c1-7(9-11-14-15-12-9)13-18(16,17)6-8-2-4-10-5-3-8/h7-8,10,13H,2-6H2,1H3,(H,11,12,14,15). The quantitative estimate of drug-likeness (QED) is 0.646. The summed E-state index contributed by atoms with van der Waals surface area (Å²) in [6.45, 7) is 3.48. The van der Waals surface area contributed by atoms with Crippen LogP contribution in [-0.2, 0) is 10.0 Å². The highest BCUT2D eigenvalue weighted by Gasteiger charge is 2.24. The molecule has 0 aromatic carbocycles. The van der Waals surface area contributed by atoms with E-state index < -0.39 is 16.1 Å². The molecule has 2 heterocycles. The lowest BCUT2D eigenvalue weighted by Crippen LogP contribution is -2.36. The molecule has 0 spiro atoms. The van der Waals surface area contributed by atoms with Crippen LogP contribution in [0.4, 0.5) is 0 Å². The summed E-state index contributed by atoms with van der Waals surface area (Å²) in [7, 11) is -3.31. The molecule has 9 heteroatoms. The molecule has 3 N–H and O–H groups in total. The topological polar surface area (TPSA) is 113 Å². The van der Waals surface area contributed by atoms with E-state index in [1.165, 1.54) is 0 Å². The fraction of sp³-hybridized carbons (Fsp3) is 0.889. The van der Waals surface area contributed by atoms with E-state index in [2.05, 4.69) is 30.7 Å². The maximum absolute atomic E-state index is 12.0. The van der Waals surface area contributed by atoms with E-state index in [9.17, 15) is 8.42 Å². The van der Waals surface area contributed by atoms with Crippen LogP contribution in [0.5, 0.6) is 0 Å². The number of tetrazole rings is 1. The van der Waals surface area contributed by atoms with Crippen molar-refractivity contribution in [3.05, 3.63) is 5.82 Å². The molecule has 0 aliphatic carbocycles. The first-order chi connectivity index (χ1) is 8.57. The highest BCUT2D eigenvalue weighted by Crippen LogP contribution is 2.15. The molecular formula is C9H18N6O2S. The predicted molar refractivity (Wildman–Crippen MR) is 65.1 cm³/mol. The number of aromatic nitrogens is 4. The van der Waals surface area contributed by atoms with Crippen molar-refractivity contribution in [2.24, 2.45) is 5.92 Å². The van der Waals surface area contributed by atoms with Gasteiger partial charge in [-0.3, -0.25) is 0 Å². The highest BCUT2D eigenvalue weighted by molar-refractivity contribution is 7.89. The van der Waals surface area contributed by atoms with Gasteiger partial charge in [0.1, 0.15) is 0 Å². The summed E-state index contributed by atoms with van der Waals surface area (Å²) in [4.78, 5) is 0. The van der Waals surface area contributed by atoms with Gasteiger partial charge in [0.2, 0.25) is 10.0 Å². The Kier molecular flexibility index (Phi) is 4.25. The zero-order valence-corrected chi connectivity index (χ0v) is 11.1. The summed E-state index contributed by atoms with van der Waals surface area (Å²) in [6, 6.07) is -0.463. The number of H-pyrrole nitrogens is 1. The van der Waals surface area contributed by atoms with Crippen molar-refractivity contribution in [1.29, 1.82) is 0 Å². The molecule has 102 valence electrons. The Labute approximate surface area is 106 Å². The van der Waals surface area contributed by atoms with Crippen LogP contribution >= 0.6 is 0 Å². The molecule has 1 aromatic rings. The van der Waals surface area contributed by atoms with Gasteiger partial charge < -0.3 is 5.32 Å². The average molecular weight is 274 g/mol. The number of hydrogen-bond acceptors (Lipinski definition) is 6. The molecule has 0 radical (unpaired) electrons. The SMILES string of the molecule is CC(NS(=O)(=O)CC1CCNCC1)c1nn[nH]n1. The number of hydrogen-bond donors (Lipinski definition) is 3. The summed E-state index contributed by atoms with van der Waals surface area (Å²) in [5.41, 5.74) is 0. The van der Waals surface area contributed by atoms with Crippen LogP contribution < -0.4 is 10.0 Å². The largest absolute Gasteiger partial charge is 0.317 e. The van der Waals surface area contributed by atoms with Crippen LogP contribution in [0.25, 0.3) is 0 Å². The smallest absolute Gasteiger partial charge is 0.212 e. The normalized spacial score (nSPS) is 19.8. The fourth-order valence-electron chi connectivity index (χ4n) is 2.08. The molecular weight excluding hydrogens is 256 g/mol. The lowest BCUT2D eigenvalue weighted by atomic mass is 10.0. The number of nitrogens with one attached hydrogen (secondary N) is 3. The predicted octanol–water partition coefficient (Wildman–Crippen LogP) is -0.820. The molecule has 1 atom stereocenters. The lowest BCUT2D eigenvalue weighted by Gasteiger charge is -2.23. The van der Waals surface area contributed by atoms with Crippen LogP contribution in [0.1, 0.15) is 31.6 Å². The van der Waals surface area contributed by atoms with E-state index in [0.29, 0.717) is 5.82 Å². The van der Waals surface area contributed by atoms with E-state index in [0.717, 1.165) is 25.9 Å². The fourth-order valence-corrected chi connectivity index (χ4v) is 3.78. The summed E-state index contributed by atoms with van der Waals surface area (Å²) in [5.74, 6) is 0.738. The Bertz CT molecular complexity index is 453. The molecule has 8 nitrogen and oxygen atoms in total. The van der Waals surface area contributed by atoms with Crippen LogP contribution in [0.3, 0.4) is 0 Å². The monoisotopic (exact) mass is 274 g/mol. The van der Waals surface area contributed by atoms with Gasteiger partial charge in [-0.05, 0) is 38.8 Å². The second-order valence-electron chi connectivity index (χ2n) is 4.58. The lowest BCUT2D eigenvalue weighted by molar-refractivity contribution is 0.399. The maximum Gasteiger partial charge on any atom is 0.212 e. The van der Waals surface area contributed by atoms with Gasteiger partial charge in [-0.2, -0.15) is 5.21 Å². The zero-order chi connectivity index (χ0) is 13.0. The van der Waals surface area contributed by atoms with Gasteiger partial charge >= 0.3 is 0 Å². The van der Waals surface area contributed by atoms with Crippen LogP contribution in [0.15, 0.2) is 0 Å². The number of aromatic amines is 1. The van der Waals surface area contributed by atoms with E-state index >= 15 is 0 Å².